The fraction of sp³-hybridized carbons (Fsp3) is 0.538. The molecule has 1 rings (SSSR count). The molecule has 1 aliphatic carbocycles. The molecular weight excluding hydrogens is 170 g/mol. The Kier molecular flexibility index (Phi) is 4.51. The Hall–Kier alpha value is -0.980. The summed E-state index contributed by atoms with van der Waals surface area (Å²) in [6, 6.07) is 0. The van der Waals surface area contributed by atoms with Gasteiger partial charge in [0.2, 0.25) is 0 Å². The summed E-state index contributed by atoms with van der Waals surface area (Å²) in [6.45, 7) is 4.35. The van der Waals surface area contributed by atoms with Gasteiger partial charge >= 0.3 is 0 Å². The molecule has 14 heavy (non-hydrogen) atoms. The lowest BCUT2D eigenvalue weighted by Gasteiger charge is -2.19. The molecule has 0 radical (unpaired) electrons. The van der Waals surface area contributed by atoms with E-state index in [1.54, 1.807) is 5.57 Å². The lowest BCUT2D eigenvalue weighted by molar-refractivity contribution is 0.586. The highest BCUT2D eigenvalue weighted by Gasteiger charge is 2.13. The minimum Gasteiger partial charge on any atom is -0.402 e. The smallest absolute Gasteiger partial charge is 0.0118 e. The Bertz CT molecular complexity index is 258. The first-order valence-corrected chi connectivity index (χ1v) is 5.54. The number of allylic oxidation sites excluding steroid dienone is 6. The molecule has 2 N–H and O–H groups in total. The summed E-state index contributed by atoms with van der Waals surface area (Å²) in [6.07, 6.45) is 13.2. The molecule has 1 unspecified atom stereocenters. The molecule has 0 heterocycles. The Morgan fingerprint density at radius 2 is 2.43 bits per heavy atom. The van der Waals surface area contributed by atoms with Crippen molar-refractivity contribution in [1.29, 1.82) is 0 Å². The van der Waals surface area contributed by atoms with Crippen molar-refractivity contribution in [3.63, 3.8) is 0 Å². The zero-order chi connectivity index (χ0) is 10.4. The van der Waals surface area contributed by atoms with Gasteiger partial charge in [-0.25, -0.2) is 0 Å². The van der Waals surface area contributed by atoms with E-state index < -0.39 is 0 Å². The van der Waals surface area contributed by atoms with Gasteiger partial charge in [-0.15, -0.1) is 0 Å². The average molecular weight is 191 g/mol. The van der Waals surface area contributed by atoms with E-state index in [0.717, 1.165) is 18.5 Å². The standard InChI is InChI=1S/C13H21N/c1-3-7-11(4-2)10-12-8-5-6-9-13(12)14/h4-6,9,12H,3,7-8,10,14H2,1-2H3/b11-4+. The second-order valence-corrected chi connectivity index (χ2v) is 3.93. The number of hydrogen-bond donors (Lipinski definition) is 1. The maximum Gasteiger partial charge on any atom is 0.0118 e. The van der Waals surface area contributed by atoms with Gasteiger partial charge < -0.3 is 5.73 Å². The zero-order valence-electron chi connectivity index (χ0n) is 9.29. The third-order valence-electron chi connectivity index (χ3n) is 2.80. The highest BCUT2D eigenvalue weighted by atomic mass is 14.6. The van der Waals surface area contributed by atoms with E-state index >= 15 is 0 Å². The van der Waals surface area contributed by atoms with E-state index in [1.165, 1.54) is 12.8 Å². The van der Waals surface area contributed by atoms with Crippen LogP contribution in [0.4, 0.5) is 0 Å². The zero-order valence-corrected chi connectivity index (χ0v) is 9.29. The summed E-state index contributed by atoms with van der Waals surface area (Å²) in [5.74, 6) is 0.540. The summed E-state index contributed by atoms with van der Waals surface area (Å²) in [5.41, 5.74) is 8.55. The molecule has 1 aliphatic rings. The van der Waals surface area contributed by atoms with Crippen LogP contribution < -0.4 is 5.73 Å². The van der Waals surface area contributed by atoms with Crippen molar-refractivity contribution in [3.8, 4) is 0 Å². The summed E-state index contributed by atoms with van der Waals surface area (Å²) in [7, 11) is 0. The van der Waals surface area contributed by atoms with Gasteiger partial charge in [0, 0.05) is 11.6 Å². The summed E-state index contributed by atoms with van der Waals surface area (Å²) >= 11 is 0. The third-order valence-corrected chi connectivity index (χ3v) is 2.80. The minimum absolute atomic E-state index is 0.540. The van der Waals surface area contributed by atoms with Crippen molar-refractivity contribution >= 4 is 0 Å². The van der Waals surface area contributed by atoms with Crippen LogP contribution in [0.3, 0.4) is 0 Å². The van der Waals surface area contributed by atoms with Crippen LogP contribution in [0.1, 0.15) is 39.5 Å². The van der Waals surface area contributed by atoms with Gasteiger partial charge in [-0.05, 0) is 32.3 Å². The fourth-order valence-electron chi connectivity index (χ4n) is 1.90. The number of nitrogens with two attached hydrogens (primary N) is 1. The molecule has 0 bridgehead atoms. The topological polar surface area (TPSA) is 26.0 Å². The lowest BCUT2D eigenvalue weighted by Crippen LogP contribution is -2.14. The van der Waals surface area contributed by atoms with Crippen molar-refractivity contribution < 1.29 is 0 Å². The third kappa shape index (κ3) is 3.06. The largest absolute Gasteiger partial charge is 0.402 e. The Balaban J connectivity index is 2.51. The van der Waals surface area contributed by atoms with E-state index in [-0.39, 0.29) is 0 Å². The van der Waals surface area contributed by atoms with Crippen LogP contribution in [0.25, 0.3) is 0 Å². The monoisotopic (exact) mass is 191 g/mol. The van der Waals surface area contributed by atoms with Gasteiger partial charge in [0.25, 0.3) is 0 Å². The second-order valence-electron chi connectivity index (χ2n) is 3.93. The van der Waals surface area contributed by atoms with Gasteiger partial charge in [0.1, 0.15) is 0 Å². The van der Waals surface area contributed by atoms with Gasteiger partial charge in [-0.2, -0.15) is 0 Å². The molecule has 0 saturated heterocycles. The first-order chi connectivity index (χ1) is 6.77. The van der Waals surface area contributed by atoms with Crippen LogP contribution in [0.15, 0.2) is 35.6 Å². The van der Waals surface area contributed by atoms with Gasteiger partial charge in [0.15, 0.2) is 0 Å². The average Bonchev–Trinajstić information content (AvgIpc) is 2.20. The van der Waals surface area contributed by atoms with E-state index in [4.69, 9.17) is 5.73 Å². The maximum absolute atomic E-state index is 5.96. The SMILES string of the molecule is C/C=C(\CCC)CC1CC=CC=C1N. The van der Waals surface area contributed by atoms with E-state index in [9.17, 15) is 0 Å². The van der Waals surface area contributed by atoms with Crippen molar-refractivity contribution in [1.82, 2.24) is 0 Å². The summed E-state index contributed by atoms with van der Waals surface area (Å²) in [4.78, 5) is 0. The van der Waals surface area contributed by atoms with Crippen molar-refractivity contribution in [3.05, 3.63) is 35.6 Å². The van der Waals surface area contributed by atoms with Gasteiger partial charge in [0.05, 0.1) is 0 Å². The number of hydrogen-bond acceptors (Lipinski definition) is 1. The predicted octanol–water partition coefficient (Wildman–Crippen LogP) is 3.54. The van der Waals surface area contributed by atoms with Crippen LogP contribution in [0.2, 0.25) is 0 Å². The molecule has 0 spiro atoms. The normalized spacial score (nSPS) is 22.3. The Labute approximate surface area is 87.4 Å². The van der Waals surface area contributed by atoms with Crippen LogP contribution >= 0.6 is 0 Å². The molecule has 78 valence electrons. The molecule has 0 fully saturated rings. The molecule has 0 saturated carbocycles. The first-order valence-electron chi connectivity index (χ1n) is 5.54. The molecular formula is C13H21N. The quantitative estimate of drug-likeness (QED) is 0.676. The van der Waals surface area contributed by atoms with Crippen LogP contribution in [0, 0.1) is 5.92 Å². The van der Waals surface area contributed by atoms with Crippen LogP contribution in [0.5, 0.6) is 0 Å². The highest BCUT2D eigenvalue weighted by Crippen LogP contribution is 2.25. The maximum atomic E-state index is 5.96. The van der Waals surface area contributed by atoms with E-state index in [2.05, 4.69) is 32.1 Å². The Morgan fingerprint density at radius 3 is 3.00 bits per heavy atom. The number of rotatable bonds is 4. The van der Waals surface area contributed by atoms with Gasteiger partial charge in [-0.1, -0.05) is 37.1 Å². The highest BCUT2D eigenvalue weighted by molar-refractivity contribution is 5.20. The van der Waals surface area contributed by atoms with E-state index in [1.807, 2.05) is 6.08 Å². The van der Waals surface area contributed by atoms with Gasteiger partial charge in [-0.3, -0.25) is 0 Å². The van der Waals surface area contributed by atoms with Crippen molar-refractivity contribution in [2.45, 2.75) is 39.5 Å². The van der Waals surface area contributed by atoms with Crippen LogP contribution in [-0.4, -0.2) is 0 Å². The van der Waals surface area contributed by atoms with Crippen LogP contribution in [-0.2, 0) is 0 Å². The molecule has 1 atom stereocenters. The molecule has 0 aromatic rings. The molecule has 1 nitrogen and oxygen atoms in total. The molecule has 0 aromatic heterocycles. The molecule has 0 aromatic carbocycles. The summed E-state index contributed by atoms with van der Waals surface area (Å²) < 4.78 is 0. The van der Waals surface area contributed by atoms with E-state index in [0.29, 0.717) is 5.92 Å². The van der Waals surface area contributed by atoms with Crippen molar-refractivity contribution in [2.24, 2.45) is 11.7 Å². The minimum atomic E-state index is 0.540. The molecule has 1 heteroatoms. The first kappa shape index (κ1) is 11.1. The Morgan fingerprint density at radius 1 is 1.64 bits per heavy atom. The predicted molar refractivity (Wildman–Crippen MR) is 62.8 cm³/mol. The molecule has 0 amide bonds. The lowest BCUT2D eigenvalue weighted by atomic mass is 9.89. The fourth-order valence-corrected chi connectivity index (χ4v) is 1.90. The van der Waals surface area contributed by atoms with Crippen molar-refractivity contribution in [2.75, 3.05) is 0 Å². The second kappa shape index (κ2) is 5.69. The molecule has 0 aliphatic heterocycles. The summed E-state index contributed by atoms with van der Waals surface area (Å²) in [5, 5.41) is 0.